The number of aromatic nitrogens is 1. The van der Waals surface area contributed by atoms with E-state index in [2.05, 4.69) is 15.6 Å². The van der Waals surface area contributed by atoms with Crippen molar-refractivity contribution in [3.63, 3.8) is 0 Å². The van der Waals surface area contributed by atoms with Gasteiger partial charge >= 0.3 is 0 Å². The van der Waals surface area contributed by atoms with E-state index in [0.717, 1.165) is 30.5 Å². The molecule has 0 aliphatic carbocycles. The SMILES string of the molecule is CNC(=O)C(=O)CCCCCCNC(=O)c1nc(-c2ccccc2)cs1. The number of nitrogens with one attached hydrogen (secondary N) is 2. The third kappa shape index (κ3) is 6.07. The molecule has 7 heteroatoms. The predicted molar refractivity (Wildman–Crippen MR) is 102 cm³/mol. The number of nitrogens with zero attached hydrogens (tertiary/aromatic N) is 1. The lowest BCUT2D eigenvalue weighted by Gasteiger charge is -2.03. The van der Waals surface area contributed by atoms with Gasteiger partial charge in [-0.2, -0.15) is 0 Å². The zero-order valence-electron chi connectivity index (χ0n) is 14.8. The third-order valence-electron chi connectivity index (χ3n) is 3.86. The molecule has 2 amide bonds. The van der Waals surface area contributed by atoms with Crippen LogP contribution in [0.5, 0.6) is 0 Å². The third-order valence-corrected chi connectivity index (χ3v) is 4.71. The normalized spacial score (nSPS) is 10.3. The average molecular weight is 373 g/mol. The van der Waals surface area contributed by atoms with Gasteiger partial charge < -0.3 is 10.6 Å². The van der Waals surface area contributed by atoms with E-state index in [0.29, 0.717) is 18.0 Å². The zero-order valence-corrected chi connectivity index (χ0v) is 15.6. The lowest BCUT2D eigenvalue weighted by molar-refractivity contribution is -0.137. The second-order valence-corrected chi connectivity index (χ2v) is 6.68. The van der Waals surface area contributed by atoms with E-state index in [1.165, 1.54) is 18.4 Å². The van der Waals surface area contributed by atoms with E-state index >= 15 is 0 Å². The standard InChI is InChI=1S/C19H23N3O3S/c1-20-17(24)16(23)11-7-2-3-8-12-21-18(25)19-22-15(13-26-19)14-9-5-4-6-10-14/h4-6,9-10,13H,2-3,7-8,11-12H2,1H3,(H,20,24)(H,21,25). The van der Waals surface area contributed by atoms with Crippen LogP contribution >= 0.6 is 11.3 Å². The van der Waals surface area contributed by atoms with Gasteiger partial charge in [0, 0.05) is 31.0 Å². The van der Waals surface area contributed by atoms with Crippen molar-refractivity contribution in [1.82, 2.24) is 15.6 Å². The molecule has 6 nitrogen and oxygen atoms in total. The van der Waals surface area contributed by atoms with Crippen LogP contribution in [0.3, 0.4) is 0 Å². The minimum atomic E-state index is -0.532. The van der Waals surface area contributed by atoms with E-state index < -0.39 is 5.91 Å². The van der Waals surface area contributed by atoms with Gasteiger partial charge in [0.25, 0.3) is 11.8 Å². The maximum absolute atomic E-state index is 12.1. The summed E-state index contributed by atoms with van der Waals surface area (Å²) in [5.41, 5.74) is 1.80. The van der Waals surface area contributed by atoms with Crippen LogP contribution in [0.1, 0.15) is 41.9 Å². The minimum Gasteiger partial charge on any atom is -0.353 e. The van der Waals surface area contributed by atoms with E-state index in [1.807, 2.05) is 35.7 Å². The molecule has 138 valence electrons. The van der Waals surface area contributed by atoms with Crippen LogP contribution in [0, 0.1) is 0 Å². The number of ketones is 1. The van der Waals surface area contributed by atoms with E-state index in [-0.39, 0.29) is 18.1 Å². The number of Topliss-reactive ketones (excluding diaryl/α,β-unsaturated/α-hetero) is 1. The fourth-order valence-corrected chi connectivity index (χ4v) is 3.16. The number of hydrogen-bond donors (Lipinski definition) is 2. The van der Waals surface area contributed by atoms with Crippen molar-refractivity contribution in [2.45, 2.75) is 32.1 Å². The molecule has 2 N–H and O–H groups in total. The quantitative estimate of drug-likeness (QED) is 0.495. The number of likely N-dealkylation sites (N-methyl/N-ethyl adjacent to an activating group) is 1. The Labute approximate surface area is 157 Å². The summed E-state index contributed by atoms with van der Waals surface area (Å²) in [5.74, 6) is -1.07. The van der Waals surface area contributed by atoms with Gasteiger partial charge in [-0.15, -0.1) is 11.3 Å². The molecule has 0 bridgehead atoms. The lowest BCUT2D eigenvalue weighted by atomic mass is 10.1. The first-order chi connectivity index (χ1) is 12.6. The molecule has 1 heterocycles. The molecule has 26 heavy (non-hydrogen) atoms. The van der Waals surface area contributed by atoms with Gasteiger partial charge in [0.15, 0.2) is 5.01 Å². The summed E-state index contributed by atoms with van der Waals surface area (Å²) in [5, 5.41) is 7.53. The van der Waals surface area contributed by atoms with Crippen molar-refractivity contribution in [2.75, 3.05) is 13.6 Å². The summed E-state index contributed by atoms with van der Waals surface area (Å²) >= 11 is 1.33. The summed E-state index contributed by atoms with van der Waals surface area (Å²) < 4.78 is 0. The zero-order chi connectivity index (χ0) is 18.8. The first-order valence-corrected chi connectivity index (χ1v) is 9.54. The van der Waals surface area contributed by atoms with Crippen LogP contribution in [-0.2, 0) is 9.59 Å². The highest BCUT2D eigenvalue weighted by Crippen LogP contribution is 2.21. The maximum atomic E-state index is 12.1. The van der Waals surface area contributed by atoms with E-state index in [9.17, 15) is 14.4 Å². The molecule has 2 rings (SSSR count). The van der Waals surface area contributed by atoms with Gasteiger partial charge in [0.1, 0.15) is 0 Å². The number of rotatable bonds is 10. The molecule has 0 saturated heterocycles. The summed E-state index contributed by atoms with van der Waals surface area (Å²) in [6, 6.07) is 9.75. The summed E-state index contributed by atoms with van der Waals surface area (Å²) in [4.78, 5) is 38.9. The van der Waals surface area contributed by atoms with Crippen LogP contribution in [0.4, 0.5) is 0 Å². The van der Waals surface area contributed by atoms with Crippen molar-refractivity contribution >= 4 is 28.9 Å². The summed E-state index contributed by atoms with van der Waals surface area (Å²) in [6.07, 6.45) is 3.54. The Morgan fingerprint density at radius 3 is 2.50 bits per heavy atom. The van der Waals surface area contributed by atoms with Gasteiger partial charge in [-0.3, -0.25) is 14.4 Å². The largest absolute Gasteiger partial charge is 0.353 e. The highest BCUT2D eigenvalue weighted by molar-refractivity contribution is 7.12. The number of carbonyl (C=O) groups is 3. The van der Waals surface area contributed by atoms with Crippen LogP contribution in [0.25, 0.3) is 11.3 Å². The molecule has 0 aliphatic heterocycles. The van der Waals surface area contributed by atoms with Crippen molar-refractivity contribution in [3.8, 4) is 11.3 Å². The van der Waals surface area contributed by atoms with Crippen LogP contribution in [0.15, 0.2) is 35.7 Å². The lowest BCUT2D eigenvalue weighted by Crippen LogP contribution is -2.27. The van der Waals surface area contributed by atoms with E-state index in [4.69, 9.17) is 0 Å². The number of carbonyl (C=O) groups excluding carboxylic acids is 3. The predicted octanol–water partition coefficient (Wildman–Crippen LogP) is 2.81. The maximum Gasteiger partial charge on any atom is 0.287 e. The van der Waals surface area contributed by atoms with Gasteiger partial charge in [0.2, 0.25) is 5.78 Å². The molecule has 0 radical (unpaired) electrons. The Balaban J connectivity index is 1.63. The van der Waals surface area contributed by atoms with Crippen LogP contribution < -0.4 is 10.6 Å². The van der Waals surface area contributed by atoms with E-state index in [1.54, 1.807) is 0 Å². The van der Waals surface area contributed by atoms with Crippen molar-refractivity contribution in [1.29, 1.82) is 0 Å². The molecule has 0 saturated carbocycles. The summed E-state index contributed by atoms with van der Waals surface area (Å²) in [7, 11) is 1.45. The Morgan fingerprint density at radius 1 is 1.04 bits per heavy atom. The topological polar surface area (TPSA) is 88.2 Å². The first-order valence-electron chi connectivity index (χ1n) is 8.66. The number of benzene rings is 1. The fourth-order valence-electron chi connectivity index (χ4n) is 2.41. The molecule has 1 aromatic heterocycles. The second-order valence-electron chi connectivity index (χ2n) is 5.83. The van der Waals surface area contributed by atoms with Gasteiger partial charge in [0.05, 0.1) is 5.69 Å². The van der Waals surface area contributed by atoms with Crippen molar-refractivity contribution in [2.24, 2.45) is 0 Å². The van der Waals surface area contributed by atoms with Crippen molar-refractivity contribution in [3.05, 3.63) is 40.7 Å². The highest BCUT2D eigenvalue weighted by atomic mass is 32.1. The smallest absolute Gasteiger partial charge is 0.287 e. The molecular weight excluding hydrogens is 350 g/mol. The molecule has 0 atom stereocenters. The molecular formula is C19H23N3O3S. The summed E-state index contributed by atoms with van der Waals surface area (Å²) in [6.45, 7) is 0.572. The Bertz CT molecular complexity index is 743. The number of hydrogen-bond acceptors (Lipinski definition) is 5. The number of thiazole rings is 1. The molecule has 0 unspecified atom stereocenters. The average Bonchev–Trinajstić information content (AvgIpc) is 3.17. The van der Waals surface area contributed by atoms with Crippen LogP contribution in [0.2, 0.25) is 0 Å². The molecule has 0 fully saturated rings. The Morgan fingerprint density at radius 2 is 1.77 bits per heavy atom. The van der Waals surface area contributed by atoms with Gasteiger partial charge in [-0.1, -0.05) is 43.2 Å². The second kappa shape index (κ2) is 10.5. The molecule has 0 aliphatic rings. The number of unbranched alkanes of at least 4 members (excludes halogenated alkanes) is 3. The van der Waals surface area contributed by atoms with Crippen LogP contribution in [-0.4, -0.2) is 36.2 Å². The fraction of sp³-hybridized carbons (Fsp3) is 0.368. The molecule has 2 aromatic rings. The minimum absolute atomic E-state index is 0.160. The molecule has 1 aromatic carbocycles. The first kappa shape index (κ1) is 19.8. The van der Waals surface area contributed by atoms with Gasteiger partial charge in [-0.05, 0) is 12.8 Å². The number of amides is 2. The van der Waals surface area contributed by atoms with Gasteiger partial charge in [-0.25, -0.2) is 4.98 Å². The monoisotopic (exact) mass is 373 g/mol. The Hall–Kier alpha value is -2.54. The highest BCUT2D eigenvalue weighted by Gasteiger charge is 2.12. The Kier molecular flexibility index (Phi) is 7.95. The molecule has 0 spiro atoms. The van der Waals surface area contributed by atoms with Crippen molar-refractivity contribution < 1.29 is 14.4 Å².